The second kappa shape index (κ2) is 12.0. The molecule has 0 aliphatic heterocycles. The largest absolute Gasteiger partial charge is 0.376 e. The van der Waals surface area contributed by atoms with E-state index < -0.39 is 0 Å². The van der Waals surface area contributed by atoms with Crippen molar-refractivity contribution >= 4 is 0 Å². The van der Waals surface area contributed by atoms with Gasteiger partial charge in [0, 0.05) is 19.8 Å². The van der Waals surface area contributed by atoms with Crippen molar-refractivity contribution in [2.24, 2.45) is 0 Å². The minimum absolute atomic E-state index is 0.189. The lowest BCUT2D eigenvalue weighted by atomic mass is 10.2. The van der Waals surface area contributed by atoms with E-state index in [2.05, 4.69) is 6.92 Å². The standard InChI is InChI=1S/C12H26O3/c1-4-7-8-9-10-13-11-12(14-5-2)15-6-3/h12H,4-11H2,1-3H3. The van der Waals surface area contributed by atoms with Gasteiger partial charge in [-0.3, -0.25) is 0 Å². The first-order valence-electron chi connectivity index (χ1n) is 6.16. The Morgan fingerprint density at radius 2 is 1.53 bits per heavy atom. The van der Waals surface area contributed by atoms with Crippen molar-refractivity contribution < 1.29 is 14.2 Å². The second-order valence-corrected chi connectivity index (χ2v) is 3.48. The van der Waals surface area contributed by atoms with Gasteiger partial charge < -0.3 is 14.2 Å². The van der Waals surface area contributed by atoms with Crippen molar-refractivity contribution in [1.82, 2.24) is 0 Å². The Kier molecular flexibility index (Phi) is 11.9. The molecule has 0 bridgehead atoms. The highest BCUT2D eigenvalue weighted by Crippen LogP contribution is 2.01. The molecule has 0 amide bonds. The highest BCUT2D eigenvalue weighted by molar-refractivity contribution is 4.43. The fourth-order valence-electron chi connectivity index (χ4n) is 1.33. The van der Waals surface area contributed by atoms with Crippen LogP contribution in [0, 0.1) is 0 Å². The summed E-state index contributed by atoms with van der Waals surface area (Å²) < 4.78 is 16.2. The molecule has 3 nitrogen and oxygen atoms in total. The summed E-state index contributed by atoms with van der Waals surface area (Å²) in [5.41, 5.74) is 0. The molecule has 0 spiro atoms. The second-order valence-electron chi connectivity index (χ2n) is 3.48. The van der Waals surface area contributed by atoms with Crippen LogP contribution in [0.15, 0.2) is 0 Å². The minimum Gasteiger partial charge on any atom is -0.376 e. The number of rotatable bonds is 11. The smallest absolute Gasteiger partial charge is 0.180 e. The molecule has 0 unspecified atom stereocenters. The van der Waals surface area contributed by atoms with E-state index in [1.165, 1.54) is 19.3 Å². The fraction of sp³-hybridized carbons (Fsp3) is 1.00. The van der Waals surface area contributed by atoms with Gasteiger partial charge in [-0.1, -0.05) is 26.2 Å². The summed E-state index contributed by atoms with van der Waals surface area (Å²) in [6, 6.07) is 0. The van der Waals surface area contributed by atoms with Crippen molar-refractivity contribution in [3.8, 4) is 0 Å². The highest BCUT2D eigenvalue weighted by atomic mass is 16.7. The van der Waals surface area contributed by atoms with Gasteiger partial charge in [-0.2, -0.15) is 0 Å². The van der Waals surface area contributed by atoms with E-state index in [1.54, 1.807) is 0 Å². The van der Waals surface area contributed by atoms with E-state index in [0.717, 1.165) is 13.0 Å². The Morgan fingerprint density at radius 3 is 2.07 bits per heavy atom. The Bertz CT molecular complexity index is 111. The van der Waals surface area contributed by atoms with E-state index in [9.17, 15) is 0 Å². The summed E-state index contributed by atoms with van der Waals surface area (Å²) >= 11 is 0. The molecule has 0 atom stereocenters. The fourth-order valence-corrected chi connectivity index (χ4v) is 1.33. The van der Waals surface area contributed by atoms with Crippen LogP contribution in [0.4, 0.5) is 0 Å². The summed E-state index contributed by atoms with van der Waals surface area (Å²) in [7, 11) is 0. The third kappa shape index (κ3) is 10.2. The predicted octanol–water partition coefficient (Wildman–Crippen LogP) is 2.98. The van der Waals surface area contributed by atoms with Crippen molar-refractivity contribution in [3.63, 3.8) is 0 Å². The first-order chi connectivity index (χ1) is 7.35. The number of hydrogen-bond acceptors (Lipinski definition) is 3. The zero-order valence-corrected chi connectivity index (χ0v) is 10.5. The molecular formula is C12H26O3. The van der Waals surface area contributed by atoms with E-state index in [4.69, 9.17) is 14.2 Å². The van der Waals surface area contributed by atoms with Crippen LogP contribution in [0.3, 0.4) is 0 Å². The molecular weight excluding hydrogens is 192 g/mol. The van der Waals surface area contributed by atoms with Crippen LogP contribution in [0.25, 0.3) is 0 Å². The van der Waals surface area contributed by atoms with Gasteiger partial charge in [0.1, 0.15) is 0 Å². The lowest BCUT2D eigenvalue weighted by molar-refractivity contribution is -0.167. The van der Waals surface area contributed by atoms with Gasteiger partial charge in [-0.15, -0.1) is 0 Å². The third-order valence-corrected chi connectivity index (χ3v) is 2.10. The quantitative estimate of drug-likeness (QED) is 0.394. The van der Waals surface area contributed by atoms with Crippen LogP contribution < -0.4 is 0 Å². The van der Waals surface area contributed by atoms with E-state index in [1.807, 2.05) is 13.8 Å². The van der Waals surface area contributed by atoms with Crippen LogP contribution in [0.1, 0.15) is 46.5 Å². The first-order valence-corrected chi connectivity index (χ1v) is 6.16. The summed E-state index contributed by atoms with van der Waals surface area (Å²) in [6.07, 6.45) is 4.76. The van der Waals surface area contributed by atoms with Crippen molar-refractivity contribution in [1.29, 1.82) is 0 Å². The van der Waals surface area contributed by atoms with Crippen molar-refractivity contribution in [3.05, 3.63) is 0 Å². The van der Waals surface area contributed by atoms with E-state index in [0.29, 0.717) is 19.8 Å². The van der Waals surface area contributed by atoms with Gasteiger partial charge in [-0.05, 0) is 20.3 Å². The third-order valence-electron chi connectivity index (χ3n) is 2.10. The molecule has 0 rings (SSSR count). The van der Waals surface area contributed by atoms with Gasteiger partial charge in [0.25, 0.3) is 0 Å². The molecule has 92 valence electrons. The lowest BCUT2D eigenvalue weighted by Gasteiger charge is -2.16. The van der Waals surface area contributed by atoms with Crippen LogP contribution in [0.2, 0.25) is 0 Å². The predicted molar refractivity (Wildman–Crippen MR) is 62.0 cm³/mol. The van der Waals surface area contributed by atoms with Crippen molar-refractivity contribution in [2.75, 3.05) is 26.4 Å². The lowest BCUT2D eigenvalue weighted by Crippen LogP contribution is -2.23. The molecule has 0 aliphatic rings. The molecule has 0 aliphatic carbocycles. The summed E-state index contributed by atoms with van der Waals surface area (Å²) in [4.78, 5) is 0. The van der Waals surface area contributed by atoms with Crippen LogP contribution >= 0.6 is 0 Å². The Hall–Kier alpha value is -0.120. The van der Waals surface area contributed by atoms with E-state index >= 15 is 0 Å². The van der Waals surface area contributed by atoms with Crippen molar-refractivity contribution in [2.45, 2.75) is 52.7 Å². The normalized spacial score (nSPS) is 11.2. The number of unbranched alkanes of at least 4 members (excludes halogenated alkanes) is 3. The maximum Gasteiger partial charge on any atom is 0.180 e. The molecule has 0 radical (unpaired) electrons. The minimum atomic E-state index is -0.189. The van der Waals surface area contributed by atoms with Gasteiger partial charge >= 0.3 is 0 Å². The summed E-state index contributed by atoms with van der Waals surface area (Å²) in [6.45, 7) is 8.85. The molecule has 0 saturated heterocycles. The van der Waals surface area contributed by atoms with Crippen LogP contribution in [-0.4, -0.2) is 32.7 Å². The molecule has 0 heterocycles. The van der Waals surface area contributed by atoms with E-state index in [-0.39, 0.29) is 6.29 Å². The average Bonchev–Trinajstić information content (AvgIpc) is 2.24. The average molecular weight is 218 g/mol. The molecule has 0 aromatic rings. The summed E-state index contributed by atoms with van der Waals surface area (Å²) in [5, 5.41) is 0. The zero-order valence-electron chi connectivity index (χ0n) is 10.5. The molecule has 3 heteroatoms. The number of ether oxygens (including phenoxy) is 3. The maximum atomic E-state index is 5.50. The Morgan fingerprint density at radius 1 is 0.867 bits per heavy atom. The topological polar surface area (TPSA) is 27.7 Å². The Labute approximate surface area is 94.1 Å². The highest BCUT2D eigenvalue weighted by Gasteiger charge is 2.06. The first kappa shape index (κ1) is 14.9. The maximum absolute atomic E-state index is 5.50. The molecule has 0 saturated carbocycles. The van der Waals surface area contributed by atoms with Crippen LogP contribution in [0.5, 0.6) is 0 Å². The molecule has 0 N–H and O–H groups in total. The van der Waals surface area contributed by atoms with Gasteiger partial charge in [0.2, 0.25) is 0 Å². The Balaban J connectivity index is 3.28. The van der Waals surface area contributed by atoms with Gasteiger partial charge in [-0.25, -0.2) is 0 Å². The molecule has 15 heavy (non-hydrogen) atoms. The molecule has 0 aromatic heterocycles. The molecule has 0 fully saturated rings. The zero-order chi connectivity index (χ0) is 11.4. The molecule has 0 aromatic carbocycles. The monoisotopic (exact) mass is 218 g/mol. The summed E-state index contributed by atoms with van der Waals surface area (Å²) in [5.74, 6) is 0. The van der Waals surface area contributed by atoms with Gasteiger partial charge in [0.15, 0.2) is 6.29 Å². The van der Waals surface area contributed by atoms with Gasteiger partial charge in [0.05, 0.1) is 6.61 Å². The SMILES string of the molecule is CCCCCCOCC(OCC)OCC. The number of hydrogen-bond donors (Lipinski definition) is 0. The van der Waals surface area contributed by atoms with Crippen LogP contribution in [-0.2, 0) is 14.2 Å².